The molecule has 0 aliphatic carbocycles. The van der Waals surface area contributed by atoms with E-state index in [1.807, 2.05) is 25.1 Å². The summed E-state index contributed by atoms with van der Waals surface area (Å²) in [5.74, 6) is -0.286. The fourth-order valence-electron chi connectivity index (χ4n) is 1.20. The van der Waals surface area contributed by atoms with Gasteiger partial charge in [0.1, 0.15) is 5.82 Å². The quantitative estimate of drug-likeness (QED) is 0.578. The molecule has 0 fully saturated rings. The van der Waals surface area contributed by atoms with E-state index in [1.54, 1.807) is 0 Å². The Morgan fingerprint density at radius 2 is 2.08 bits per heavy atom. The number of aromatic nitrogens is 1. The number of aryl methyl sites for hydroxylation is 1. The number of halogens is 1. The molecular formula is C10H8FN. The number of fused-ring (bicyclic) bond motifs is 1. The van der Waals surface area contributed by atoms with Gasteiger partial charge in [-0.3, -0.25) is 4.98 Å². The predicted octanol–water partition coefficient (Wildman–Crippen LogP) is 2.68. The largest absolute Gasteiger partial charge is 0.253 e. The number of rotatable bonds is 0. The SMILES string of the molecule is Cc1ccc2cc(F)cnc2c1. The van der Waals surface area contributed by atoms with Crippen molar-refractivity contribution in [2.75, 3.05) is 0 Å². The van der Waals surface area contributed by atoms with Crippen molar-refractivity contribution in [3.63, 3.8) is 0 Å². The summed E-state index contributed by atoms with van der Waals surface area (Å²) in [4.78, 5) is 3.97. The molecule has 60 valence electrons. The van der Waals surface area contributed by atoms with Gasteiger partial charge < -0.3 is 0 Å². The molecule has 1 aromatic carbocycles. The summed E-state index contributed by atoms with van der Waals surface area (Å²) in [6.45, 7) is 1.99. The third-order valence-corrected chi connectivity index (χ3v) is 1.81. The zero-order valence-corrected chi connectivity index (χ0v) is 6.71. The van der Waals surface area contributed by atoms with Gasteiger partial charge in [-0.25, -0.2) is 4.39 Å². The van der Waals surface area contributed by atoms with Crippen LogP contribution in [-0.2, 0) is 0 Å². The second-order valence-electron chi connectivity index (χ2n) is 2.85. The van der Waals surface area contributed by atoms with Gasteiger partial charge in [0.2, 0.25) is 0 Å². The van der Waals surface area contributed by atoms with Crippen LogP contribution < -0.4 is 0 Å². The lowest BCUT2D eigenvalue weighted by molar-refractivity contribution is 0.624. The maximum absolute atomic E-state index is 12.7. The first kappa shape index (κ1) is 7.22. The Hall–Kier alpha value is -1.44. The van der Waals surface area contributed by atoms with Crippen molar-refractivity contribution in [1.29, 1.82) is 0 Å². The molecule has 0 unspecified atom stereocenters. The number of benzene rings is 1. The molecule has 0 radical (unpaired) electrons. The van der Waals surface area contributed by atoms with Crippen LogP contribution in [0.15, 0.2) is 30.5 Å². The second kappa shape index (κ2) is 2.55. The van der Waals surface area contributed by atoms with E-state index in [4.69, 9.17) is 0 Å². The fourth-order valence-corrected chi connectivity index (χ4v) is 1.20. The maximum Gasteiger partial charge on any atom is 0.142 e. The van der Waals surface area contributed by atoms with Crippen LogP contribution in [0.1, 0.15) is 5.56 Å². The third-order valence-electron chi connectivity index (χ3n) is 1.81. The number of nitrogens with zero attached hydrogens (tertiary/aromatic N) is 1. The standard InChI is InChI=1S/C10H8FN/c1-7-2-3-8-5-9(11)6-12-10(8)4-7/h2-6H,1H3. The minimum atomic E-state index is -0.286. The average molecular weight is 161 g/mol. The molecule has 0 saturated carbocycles. The van der Waals surface area contributed by atoms with E-state index in [1.165, 1.54) is 12.3 Å². The summed E-state index contributed by atoms with van der Waals surface area (Å²) in [5, 5.41) is 0.848. The summed E-state index contributed by atoms with van der Waals surface area (Å²) in [5.41, 5.74) is 1.98. The smallest absolute Gasteiger partial charge is 0.142 e. The van der Waals surface area contributed by atoms with Crippen LogP contribution in [0.4, 0.5) is 4.39 Å². The van der Waals surface area contributed by atoms with Crippen molar-refractivity contribution in [3.05, 3.63) is 41.8 Å². The van der Waals surface area contributed by atoms with E-state index >= 15 is 0 Å². The fraction of sp³-hybridized carbons (Fsp3) is 0.100. The molecule has 0 amide bonds. The van der Waals surface area contributed by atoms with Crippen LogP contribution in [0.3, 0.4) is 0 Å². The van der Waals surface area contributed by atoms with E-state index in [9.17, 15) is 4.39 Å². The third kappa shape index (κ3) is 1.16. The van der Waals surface area contributed by atoms with Gasteiger partial charge in [0, 0.05) is 5.39 Å². The highest BCUT2D eigenvalue weighted by molar-refractivity contribution is 5.78. The highest BCUT2D eigenvalue weighted by Crippen LogP contribution is 2.13. The van der Waals surface area contributed by atoms with Gasteiger partial charge >= 0.3 is 0 Å². The first-order valence-electron chi connectivity index (χ1n) is 3.77. The predicted molar refractivity (Wildman–Crippen MR) is 46.4 cm³/mol. The normalized spacial score (nSPS) is 10.5. The summed E-state index contributed by atoms with van der Waals surface area (Å²) in [6, 6.07) is 7.25. The van der Waals surface area contributed by atoms with Gasteiger partial charge in [-0.2, -0.15) is 0 Å². The van der Waals surface area contributed by atoms with Crippen LogP contribution in [0.2, 0.25) is 0 Å². The molecule has 2 rings (SSSR count). The monoisotopic (exact) mass is 161 g/mol. The van der Waals surface area contributed by atoms with Crippen molar-refractivity contribution in [1.82, 2.24) is 4.98 Å². The second-order valence-corrected chi connectivity index (χ2v) is 2.85. The molecule has 0 spiro atoms. The summed E-state index contributed by atoms with van der Waals surface area (Å²) in [6.07, 6.45) is 1.24. The molecule has 0 aliphatic heterocycles. The highest BCUT2D eigenvalue weighted by atomic mass is 19.1. The molecule has 1 heterocycles. The van der Waals surface area contributed by atoms with Gasteiger partial charge in [0.05, 0.1) is 11.7 Å². The molecule has 0 bridgehead atoms. The molecule has 1 nitrogen and oxygen atoms in total. The van der Waals surface area contributed by atoms with Crippen LogP contribution in [0.5, 0.6) is 0 Å². The van der Waals surface area contributed by atoms with Gasteiger partial charge in [-0.15, -0.1) is 0 Å². The molecule has 1 aromatic heterocycles. The zero-order valence-electron chi connectivity index (χ0n) is 6.71. The Morgan fingerprint density at radius 3 is 2.92 bits per heavy atom. The van der Waals surface area contributed by atoms with Crippen molar-refractivity contribution in [2.45, 2.75) is 6.92 Å². The number of hydrogen-bond donors (Lipinski definition) is 0. The highest BCUT2D eigenvalue weighted by Gasteiger charge is 1.96. The van der Waals surface area contributed by atoms with Crippen LogP contribution in [0, 0.1) is 12.7 Å². The Kier molecular flexibility index (Phi) is 1.54. The first-order chi connectivity index (χ1) is 5.75. The minimum Gasteiger partial charge on any atom is -0.253 e. The zero-order chi connectivity index (χ0) is 8.55. The molecule has 0 atom stereocenters. The van der Waals surface area contributed by atoms with E-state index in [2.05, 4.69) is 4.98 Å². The van der Waals surface area contributed by atoms with Gasteiger partial charge in [0.15, 0.2) is 0 Å². The average Bonchev–Trinajstić information content (AvgIpc) is 2.05. The minimum absolute atomic E-state index is 0.286. The van der Waals surface area contributed by atoms with Gasteiger partial charge in [-0.05, 0) is 24.6 Å². The van der Waals surface area contributed by atoms with Gasteiger partial charge in [-0.1, -0.05) is 12.1 Å². The number of hydrogen-bond acceptors (Lipinski definition) is 1. The van der Waals surface area contributed by atoms with E-state index < -0.39 is 0 Å². The Balaban J connectivity index is 2.79. The van der Waals surface area contributed by atoms with Gasteiger partial charge in [0.25, 0.3) is 0 Å². The molecule has 0 saturated heterocycles. The van der Waals surface area contributed by atoms with Crippen LogP contribution >= 0.6 is 0 Å². The summed E-state index contributed by atoms with van der Waals surface area (Å²) >= 11 is 0. The van der Waals surface area contributed by atoms with Crippen LogP contribution in [-0.4, -0.2) is 4.98 Å². The molecule has 0 aliphatic rings. The molecular weight excluding hydrogens is 153 g/mol. The number of pyridine rings is 1. The van der Waals surface area contributed by atoms with Crippen molar-refractivity contribution < 1.29 is 4.39 Å². The van der Waals surface area contributed by atoms with E-state index in [-0.39, 0.29) is 5.82 Å². The van der Waals surface area contributed by atoms with E-state index in [0.29, 0.717) is 0 Å². The molecule has 0 N–H and O–H groups in total. The van der Waals surface area contributed by atoms with Crippen molar-refractivity contribution in [2.24, 2.45) is 0 Å². The van der Waals surface area contributed by atoms with E-state index in [0.717, 1.165) is 16.5 Å². The topological polar surface area (TPSA) is 12.9 Å². The Morgan fingerprint density at radius 1 is 1.25 bits per heavy atom. The van der Waals surface area contributed by atoms with Crippen molar-refractivity contribution in [3.8, 4) is 0 Å². The summed E-state index contributed by atoms with van der Waals surface area (Å²) < 4.78 is 12.7. The first-order valence-corrected chi connectivity index (χ1v) is 3.77. The van der Waals surface area contributed by atoms with Crippen molar-refractivity contribution >= 4 is 10.9 Å². The lowest BCUT2D eigenvalue weighted by Crippen LogP contribution is -1.82. The molecule has 2 aromatic rings. The molecule has 2 heteroatoms. The molecule has 12 heavy (non-hydrogen) atoms. The maximum atomic E-state index is 12.7. The Bertz CT molecular complexity index is 382. The van der Waals surface area contributed by atoms with Crippen LogP contribution in [0.25, 0.3) is 10.9 Å². The Labute approximate surface area is 69.9 Å². The lowest BCUT2D eigenvalue weighted by Gasteiger charge is -1.97. The lowest BCUT2D eigenvalue weighted by atomic mass is 10.1. The summed E-state index contributed by atoms with van der Waals surface area (Å²) in [7, 11) is 0.